The summed E-state index contributed by atoms with van der Waals surface area (Å²) >= 11 is 0. The first kappa shape index (κ1) is 21.0. The molecule has 0 N–H and O–H groups in total. The van der Waals surface area contributed by atoms with E-state index in [1.54, 1.807) is 0 Å². The molecule has 22 heavy (non-hydrogen) atoms. The zero-order chi connectivity index (χ0) is 17.0. The Labute approximate surface area is 140 Å². The zero-order valence-corrected chi connectivity index (χ0v) is 16.9. The average Bonchev–Trinajstić information content (AvgIpc) is 2.41. The Morgan fingerprint density at radius 2 is 1.41 bits per heavy atom. The Balaban J connectivity index is 5.01. The molecule has 0 atom stereocenters. The van der Waals surface area contributed by atoms with Crippen LogP contribution in [-0.4, -0.2) is 27.3 Å². The molecule has 0 amide bonds. The largest absolute Gasteiger partial charge is 0.546 e. The highest BCUT2D eigenvalue weighted by Crippen LogP contribution is 2.24. The predicted octanol–water partition coefficient (Wildman–Crippen LogP) is 6.10. The quantitative estimate of drug-likeness (QED) is 0.197. The molecule has 0 aromatic heterocycles. The van der Waals surface area contributed by atoms with Gasteiger partial charge in [-0.25, -0.2) is 0 Å². The third kappa shape index (κ3) is 10.7. The van der Waals surface area contributed by atoms with Crippen LogP contribution in [0.4, 0.5) is 0 Å². The van der Waals surface area contributed by atoms with E-state index in [-0.39, 0.29) is 0 Å². The molecule has 0 spiro atoms. The molecule has 128 valence electrons. The molecular weight excluding hydrogens is 286 g/mol. The fraction of sp³-hybridized carbons (Fsp3) is 0.684. The highest BCUT2D eigenvalue weighted by molar-refractivity contribution is 6.70. The minimum atomic E-state index is -1.57. The van der Waals surface area contributed by atoms with Crippen molar-refractivity contribution < 1.29 is 4.43 Å². The van der Waals surface area contributed by atoms with Gasteiger partial charge in [-0.15, -0.1) is 0 Å². The predicted molar refractivity (Wildman–Crippen MR) is 102 cm³/mol. The van der Waals surface area contributed by atoms with Crippen LogP contribution >= 0.6 is 0 Å². The van der Waals surface area contributed by atoms with Crippen molar-refractivity contribution in [2.24, 2.45) is 0 Å². The van der Waals surface area contributed by atoms with Gasteiger partial charge in [-0.3, -0.25) is 0 Å². The topological polar surface area (TPSA) is 12.5 Å². The molecule has 0 saturated heterocycles. The normalized spacial score (nSPS) is 13.8. The number of nitrogens with zero attached hydrogens (tertiary/aromatic N) is 1. The summed E-state index contributed by atoms with van der Waals surface area (Å²) < 4.78 is 6.43. The number of hydrogen-bond acceptors (Lipinski definition) is 2. The van der Waals surface area contributed by atoms with Crippen molar-refractivity contribution >= 4 is 8.32 Å². The van der Waals surface area contributed by atoms with Crippen LogP contribution in [0.2, 0.25) is 19.6 Å². The standard InChI is InChI=1S/C19H37NOSi/c1-8-10-12-14-16-18(20(3)4)19(21-22(5,6)7)17-15-13-11-9-2/h8-11H,12-17H2,1-7H3/b10-8+,11-9+,19-18+. The van der Waals surface area contributed by atoms with Gasteiger partial charge in [0, 0.05) is 26.2 Å². The van der Waals surface area contributed by atoms with Crippen molar-refractivity contribution in [2.75, 3.05) is 14.1 Å². The van der Waals surface area contributed by atoms with Crippen LogP contribution in [-0.2, 0) is 4.43 Å². The molecule has 0 fully saturated rings. The fourth-order valence-corrected chi connectivity index (χ4v) is 3.30. The van der Waals surface area contributed by atoms with E-state index in [0.29, 0.717) is 0 Å². The van der Waals surface area contributed by atoms with E-state index in [0.717, 1.165) is 32.1 Å². The Hall–Kier alpha value is -0.963. The second-order valence-electron chi connectivity index (χ2n) is 6.90. The first-order chi connectivity index (χ1) is 10.3. The minimum absolute atomic E-state index is 1.05. The van der Waals surface area contributed by atoms with E-state index in [4.69, 9.17) is 4.43 Å². The Kier molecular flexibility index (Phi) is 11.1. The molecule has 0 aliphatic rings. The van der Waals surface area contributed by atoms with E-state index in [2.05, 4.69) is 76.8 Å². The Morgan fingerprint density at radius 3 is 1.82 bits per heavy atom. The van der Waals surface area contributed by atoms with E-state index in [9.17, 15) is 0 Å². The van der Waals surface area contributed by atoms with Crippen molar-refractivity contribution in [3.63, 3.8) is 0 Å². The van der Waals surface area contributed by atoms with Gasteiger partial charge in [0.05, 0.1) is 5.76 Å². The molecular formula is C19H37NOSi. The molecule has 0 rings (SSSR count). The smallest absolute Gasteiger partial charge is 0.241 e. The Bertz CT molecular complexity index is 375. The summed E-state index contributed by atoms with van der Waals surface area (Å²) in [6.07, 6.45) is 15.5. The third-order valence-electron chi connectivity index (χ3n) is 3.32. The van der Waals surface area contributed by atoms with Gasteiger partial charge in [-0.1, -0.05) is 24.3 Å². The van der Waals surface area contributed by atoms with Crippen LogP contribution in [0.5, 0.6) is 0 Å². The molecule has 0 radical (unpaired) electrons. The molecule has 0 saturated carbocycles. The fourth-order valence-electron chi connectivity index (χ4n) is 2.34. The first-order valence-electron chi connectivity index (χ1n) is 8.62. The van der Waals surface area contributed by atoms with E-state index < -0.39 is 8.32 Å². The van der Waals surface area contributed by atoms with Crippen molar-refractivity contribution in [3.8, 4) is 0 Å². The van der Waals surface area contributed by atoms with Crippen LogP contribution < -0.4 is 0 Å². The van der Waals surface area contributed by atoms with Gasteiger partial charge < -0.3 is 9.33 Å². The van der Waals surface area contributed by atoms with Crippen molar-refractivity contribution in [1.29, 1.82) is 0 Å². The summed E-state index contributed by atoms with van der Waals surface area (Å²) in [5.74, 6) is 1.23. The summed E-state index contributed by atoms with van der Waals surface area (Å²) in [7, 11) is 2.72. The van der Waals surface area contributed by atoms with Gasteiger partial charge in [-0.2, -0.15) is 0 Å². The second-order valence-corrected chi connectivity index (χ2v) is 11.3. The highest BCUT2D eigenvalue weighted by Gasteiger charge is 2.20. The van der Waals surface area contributed by atoms with E-state index in [1.807, 2.05) is 0 Å². The van der Waals surface area contributed by atoms with Crippen molar-refractivity contribution in [3.05, 3.63) is 35.8 Å². The lowest BCUT2D eigenvalue weighted by atomic mass is 10.1. The maximum atomic E-state index is 6.43. The second kappa shape index (κ2) is 11.6. The van der Waals surface area contributed by atoms with E-state index >= 15 is 0 Å². The monoisotopic (exact) mass is 323 g/mol. The maximum absolute atomic E-state index is 6.43. The zero-order valence-electron chi connectivity index (χ0n) is 15.9. The summed E-state index contributed by atoms with van der Waals surface area (Å²) in [4.78, 5) is 2.25. The molecule has 0 aliphatic heterocycles. The van der Waals surface area contributed by atoms with Crippen LogP contribution in [0.3, 0.4) is 0 Å². The SMILES string of the molecule is C/C=C/CCC/C(O[Si](C)(C)C)=C(/CCC/C=C/C)N(C)C. The summed E-state index contributed by atoms with van der Waals surface area (Å²) in [6, 6.07) is 0. The lowest BCUT2D eigenvalue weighted by Gasteiger charge is -2.28. The van der Waals surface area contributed by atoms with Crippen molar-refractivity contribution in [1.82, 2.24) is 4.90 Å². The van der Waals surface area contributed by atoms with Gasteiger partial charge in [0.1, 0.15) is 0 Å². The molecule has 0 aromatic carbocycles. The number of unbranched alkanes of at least 4 members (excludes halogenated alkanes) is 2. The maximum Gasteiger partial charge on any atom is 0.241 e. The summed E-state index contributed by atoms with van der Waals surface area (Å²) in [5, 5.41) is 0. The summed E-state index contributed by atoms with van der Waals surface area (Å²) in [5.41, 5.74) is 1.38. The molecule has 0 bridgehead atoms. The lowest BCUT2D eigenvalue weighted by molar-refractivity contribution is 0.348. The highest BCUT2D eigenvalue weighted by atomic mass is 28.4. The summed E-state index contributed by atoms with van der Waals surface area (Å²) in [6.45, 7) is 11.0. The molecule has 0 heterocycles. The van der Waals surface area contributed by atoms with Crippen LogP contribution in [0.25, 0.3) is 0 Å². The molecule has 3 heteroatoms. The molecule has 2 nitrogen and oxygen atoms in total. The van der Waals surface area contributed by atoms with Crippen LogP contribution in [0.15, 0.2) is 35.8 Å². The average molecular weight is 324 g/mol. The number of rotatable bonds is 11. The van der Waals surface area contributed by atoms with Gasteiger partial charge in [0.25, 0.3) is 0 Å². The molecule has 0 aromatic rings. The first-order valence-corrected chi connectivity index (χ1v) is 12.0. The van der Waals surface area contributed by atoms with Gasteiger partial charge in [0.2, 0.25) is 8.32 Å². The Morgan fingerprint density at radius 1 is 0.909 bits per heavy atom. The van der Waals surface area contributed by atoms with Crippen LogP contribution in [0, 0.1) is 0 Å². The molecule has 0 aliphatic carbocycles. The molecule has 0 unspecified atom stereocenters. The van der Waals surface area contributed by atoms with Gasteiger partial charge in [-0.05, 0) is 65.6 Å². The van der Waals surface area contributed by atoms with E-state index in [1.165, 1.54) is 17.9 Å². The number of hydrogen-bond donors (Lipinski definition) is 0. The lowest BCUT2D eigenvalue weighted by Crippen LogP contribution is -2.27. The van der Waals surface area contributed by atoms with Crippen LogP contribution in [0.1, 0.15) is 52.4 Å². The van der Waals surface area contributed by atoms with Crippen molar-refractivity contribution in [2.45, 2.75) is 72.0 Å². The minimum Gasteiger partial charge on any atom is -0.546 e. The third-order valence-corrected chi connectivity index (χ3v) is 4.18. The van der Waals surface area contributed by atoms with Gasteiger partial charge >= 0.3 is 0 Å². The number of allylic oxidation sites excluding steroid dienone is 6. The van der Waals surface area contributed by atoms with Gasteiger partial charge in [0.15, 0.2) is 0 Å².